The second-order valence-electron chi connectivity index (χ2n) is 4.57. The summed E-state index contributed by atoms with van der Waals surface area (Å²) in [6.45, 7) is 2.25. The lowest BCUT2D eigenvalue weighted by molar-refractivity contribution is 0.587. The molecule has 19 heavy (non-hydrogen) atoms. The van der Waals surface area contributed by atoms with Crippen molar-refractivity contribution in [1.82, 2.24) is 9.55 Å². The van der Waals surface area contributed by atoms with Crippen molar-refractivity contribution >= 4 is 0 Å². The molecule has 0 aliphatic rings. The van der Waals surface area contributed by atoms with Crippen LogP contribution in [0, 0.1) is 17.1 Å². The maximum absolute atomic E-state index is 13.7. The van der Waals surface area contributed by atoms with Crippen molar-refractivity contribution in [1.29, 1.82) is 5.26 Å². The van der Waals surface area contributed by atoms with Crippen LogP contribution in [0.3, 0.4) is 0 Å². The standard InChI is InChI=1S/C14H15FN4/c1-10(17)6-14-18-4-5-19(14)9-12-7-11(8-16)2-3-13(12)15/h2-5,7,10H,6,9,17H2,1H3. The molecule has 5 heteroatoms. The summed E-state index contributed by atoms with van der Waals surface area (Å²) in [7, 11) is 0. The Bertz CT molecular complexity index is 610. The Labute approximate surface area is 111 Å². The first kappa shape index (κ1) is 13.2. The molecule has 0 aliphatic carbocycles. The highest BCUT2D eigenvalue weighted by molar-refractivity contribution is 5.34. The van der Waals surface area contributed by atoms with E-state index in [0.717, 1.165) is 5.82 Å². The van der Waals surface area contributed by atoms with Gasteiger partial charge in [-0.3, -0.25) is 0 Å². The Morgan fingerprint density at radius 3 is 3.00 bits per heavy atom. The van der Waals surface area contributed by atoms with E-state index in [0.29, 0.717) is 24.1 Å². The van der Waals surface area contributed by atoms with Crippen molar-refractivity contribution in [3.05, 3.63) is 53.4 Å². The molecule has 0 radical (unpaired) electrons. The highest BCUT2D eigenvalue weighted by Crippen LogP contribution is 2.13. The fraction of sp³-hybridized carbons (Fsp3) is 0.286. The highest BCUT2D eigenvalue weighted by atomic mass is 19.1. The molecule has 1 unspecified atom stereocenters. The van der Waals surface area contributed by atoms with Crippen molar-refractivity contribution in [2.75, 3.05) is 0 Å². The van der Waals surface area contributed by atoms with E-state index in [4.69, 9.17) is 11.0 Å². The fourth-order valence-electron chi connectivity index (χ4n) is 1.91. The van der Waals surface area contributed by atoms with Crippen LogP contribution in [0.15, 0.2) is 30.6 Å². The molecular weight excluding hydrogens is 243 g/mol. The van der Waals surface area contributed by atoms with Crippen LogP contribution in [0.25, 0.3) is 0 Å². The summed E-state index contributed by atoms with van der Waals surface area (Å²) in [6.07, 6.45) is 4.09. The molecule has 0 aliphatic heterocycles. The Morgan fingerprint density at radius 1 is 1.53 bits per heavy atom. The van der Waals surface area contributed by atoms with Gasteiger partial charge in [-0.1, -0.05) is 0 Å². The van der Waals surface area contributed by atoms with E-state index in [-0.39, 0.29) is 11.9 Å². The van der Waals surface area contributed by atoms with Gasteiger partial charge in [0.15, 0.2) is 0 Å². The van der Waals surface area contributed by atoms with Gasteiger partial charge < -0.3 is 10.3 Å². The Morgan fingerprint density at radius 2 is 2.32 bits per heavy atom. The van der Waals surface area contributed by atoms with Crippen LogP contribution in [0.2, 0.25) is 0 Å². The molecule has 1 aromatic heterocycles. The SMILES string of the molecule is CC(N)Cc1nccn1Cc1cc(C#N)ccc1F. The maximum atomic E-state index is 13.7. The van der Waals surface area contributed by atoms with Crippen molar-refractivity contribution in [3.8, 4) is 6.07 Å². The van der Waals surface area contributed by atoms with Gasteiger partial charge in [-0.05, 0) is 25.1 Å². The molecule has 0 bridgehead atoms. The third-order valence-electron chi connectivity index (χ3n) is 2.82. The van der Waals surface area contributed by atoms with E-state index in [1.165, 1.54) is 12.1 Å². The third kappa shape index (κ3) is 3.18. The normalized spacial score (nSPS) is 12.1. The van der Waals surface area contributed by atoms with Gasteiger partial charge in [-0.2, -0.15) is 5.26 Å². The molecule has 1 atom stereocenters. The number of halogens is 1. The lowest BCUT2D eigenvalue weighted by atomic mass is 10.1. The van der Waals surface area contributed by atoms with Crippen molar-refractivity contribution < 1.29 is 4.39 Å². The van der Waals surface area contributed by atoms with Gasteiger partial charge in [-0.25, -0.2) is 9.37 Å². The van der Waals surface area contributed by atoms with Crippen molar-refractivity contribution in [2.45, 2.75) is 25.9 Å². The summed E-state index contributed by atoms with van der Waals surface area (Å²) in [5.41, 5.74) is 6.68. The first-order valence-corrected chi connectivity index (χ1v) is 6.04. The van der Waals surface area contributed by atoms with E-state index in [1.54, 1.807) is 18.5 Å². The van der Waals surface area contributed by atoms with E-state index in [9.17, 15) is 4.39 Å². The first-order valence-electron chi connectivity index (χ1n) is 6.04. The molecule has 2 N–H and O–H groups in total. The topological polar surface area (TPSA) is 67.6 Å². The van der Waals surface area contributed by atoms with Crippen LogP contribution in [-0.4, -0.2) is 15.6 Å². The number of rotatable bonds is 4. The lowest BCUT2D eigenvalue weighted by Crippen LogP contribution is -2.20. The zero-order chi connectivity index (χ0) is 13.8. The third-order valence-corrected chi connectivity index (χ3v) is 2.82. The number of aromatic nitrogens is 2. The smallest absolute Gasteiger partial charge is 0.128 e. The van der Waals surface area contributed by atoms with Crippen LogP contribution in [0.1, 0.15) is 23.9 Å². The van der Waals surface area contributed by atoms with Crippen LogP contribution >= 0.6 is 0 Å². The quantitative estimate of drug-likeness (QED) is 0.909. The van der Waals surface area contributed by atoms with E-state index in [1.807, 2.05) is 17.6 Å². The van der Waals surface area contributed by atoms with Crippen LogP contribution in [0.4, 0.5) is 4.39 Å². The lowest BCUT2D eigenvalue weighted by Gasteiger charge is -2.10. The molecule has 1 aromatic carbocycles. The zero-order valence-electron chi connectivity index (χ0n) is 10.7. The van der Waals surface area contributed by atoms with E-state index in [2.05, 4.69) is 4.98 Å². The number of nitrogens with zero attached hydrogens (tertiary/aromatic N) is 3. The van der Waals surface area contributed by atoms with Gasteiger partial charge in [-0.15, -0.1) is 0 Å². The van der Waals surface area contributed by atoms with E-state index >= 15 is 0 Å². The number of benzene rings is 1. The average Bonchev–Trinajstić information content (AvgIpc) is 2.78. The van der Waals surface area contributed by atoms with Crippen molar-refractivity contribution in [3.63, 3.8) is 0 Å². The molecule has 2 rings (SSSR count). The van der Waals surface area contributed by atoms with Gasteiger partial charge >= 0.3 is 0 Å². The Kier molecular flexibility index (Phi) is 3.93. The monoisotopic (exact) mass is 258 g/mol. The molecule has 0 saturated carbocycles. The molecule has 0 spiro atoms. The molecule has 0 saturated heterocycles. The molecule has 98 valence electrons. The summed E-state index contributed by atoms with van der Waals surface area (Å²) in [5.74, 6) is 0.496. The van der Waals surface area contributed by atoms with Crippen LogP contribution < -0.4 is 5.73 Å². The molecular formula is C14H15FN4. The number of hydrogen-bond donors (Lipinski definition) is 1. The van der Waals surface area contributed by atoms with Crippen LogP contribution in [0.5, 0.6) is 0 Å². The van der Waals surface area contributed by atoms with E-state index < -0.39 is 0 Å². The minimum absolute atomic E-state index is 0.00330. The van der Waals surface area contributed by atoms with Gasteiger partial charge in [0.1, 0.15) is 11.6 Å². The highest BCUT2D eigenvalue weighted by Gasteiger charge is 2.09. The minimum Gasteiger partial charge on any atom is -0.330 e. The summed E-state index contributed by atoms with van der Waals surface area (Å²) in [6, 6.07) is 6.35. The molecule has 1 heterocycles. The average molecular weight is 258 g/mol. The minimum atomic E-state index is -0.320. The van der Waals surface area contributed by atoms with Gasteiger partial charge in [0.2, 0.25) is 0 Å². The second-order valence-corrected chi connectivity index (χ2v) is 4.57. The van der Waals surface area contributed by atoms with Gasteiger partial charge in [0.25, 0.3) is 0 Å². The zero-order valence-corrected chi connectivity index (χ0v) is 10.7. The number of imidazole rings is 1. The van der Waals surface area contributed by atoms with Gasteiger partial charge in [0.05, 0.1) is 18.2 Å². The Hall–Kier alpha value is -2.19. The number of nitriles is 1. The van der Waals surface area contributed by atoms with Crippen LogP contribution in [-0.2, 0) is 13.0 Å². The molecule has 0 fully saturated rings. The number of hydrogen-bond acceptors (Lipinski definition) is 3. The van der Waals surface area contributed by atoms with Crippen molar-refractivity contribution in [2.24, 2.45) is 5.73 Å². The Balaban J connectivity index is 2.26. The summed E-state index contributed by atoms with van der Waals surface area (Å²) in [5, 5.41) is 8.84. The summed E-state index contributed by atoms with van der Waals surface area (Å²) < 4.78 is 15.6. The molecule has 4 nitrogen and oxygen atoms in total. The second kappa shape index (κ2) is 5.63. The predicted molar refractivity (Wildman–Crippen MR) is 69.8 cm³/mol. The summed E-state index contributed by atoms with van der Waals surface area (Å²) >= 11 is 0. The molecule has 0 amide bonds. The largest absolute Gasteiger partial charge is 0.330 e. The maximum Gasteiger partial charge on any atom is 0.128 e. The molecule has 2 aromatic rings. The summed E-state index contributed by atoms with van der Waals surface area (Å²) in [4.78, 5) is 4.22. The predicted octanol–water partition coefficient (Wildman–Crippen LogP) is 1.83. The van der Waals surface area contributed by atoms with Gasteiger partial charge in [0, 0.05) is 30.4 Å². The fourth-order valence-corrected chi connectivity index (χ4v) is 1.91. The first-order chi connectivity index (χ1) is 9.10. The number of nitrogens with two attached hydrogens (primary N) is 1.